The van der Waals surface area contributed by atoms with E-state index in [2.05, 4.69) is 25.3 Å². The Morgan fingerprint density at radius 2 is 2.03 bits per heavy atom. The van der Waals surface area contributed by atoms with Crippen molar-refractivity contribution in [1.82, 2.24) is 15.3 Å². The summed E-state index contributed by atoms with van der Waals surface area (Å²) in [5.74, 6) is -1.32. The standard InChI is InChI=1S/C24H24F2N6O3S/c1-14(23(33)28-7-6-27)35-20-8-15(25)4-5-18(20)31-22-21-17(26)9-16(10-19(21)29-13-30-22)32-36(34)11-24(2,3)12-36/h4-5,8-11,13-14H,7,12H2,1-3H3,(H,28,33)(H,32,34)(H,29,30,31)/t14-,36?/m1/s1. The van der Waals surface area contributed by atoms with E-state index in [0.29, 0.717) is 11.4 Å². The summed E-state index contributed by atoms with van der Waals surface area (Å²) in [5, 5.41) is 15.7. The van der Waals surface area contributed by atoms with Crippen LogP contribution in [0.5, 0.6) is 5.75 Å². The van der Waals surface area contributed by atoms with E-state index in [1.54, 1.807) is 17.5 Å². The summed E-state index contributed by atoms with van der Waals surface area (Å²) in [6, 6.07) is 8.18. The number of nitrogens with zero attached hydrogens (tertiary/aromatic N) is 3. The van der Waals surface area contributed by atoms with Gasteiger partial charge in [-0.05, 0) is 36.6 Å². The molecule has 3 aromatic rings. The number of carbonyl (C=O) groups excluding carboxylic acids is 1. The van der Waals surface area contributed by atoms with Gasteiger partial charge in [0.25, 0.3) is 5.91 Å². The summed E-state index contributed by atoms with van der Waals surface area (Å²) < 4.78 is 50.5. The summed E-state index contributed by atoms with van der Waals surface area (Å²) in [6.45, 7) is 5.18. The molecule has 9 nitrogen and oxygen atoms in total. The van der Waals surface area contributed by atoms with Crippen LogP contribution in [0.3, 0.4) is 0 Å². The minimum Gasteiger partial charge on any atom is -0.479 e. The highest BCUT2D eigenvalue weighted by Crippen LogP contribution is 2.34. The largest absolute Gasteiger partial charge is 0.479 e. The van der Waals surface area contributed by atoms with Crippen molar-refractivity contribution in [2.24, 2.45) is 5.41 Å². The molecule has 1 aliphatic heterocycles. The predicted octanol–water partition coefficient (Wildman–Crippen LogP) is 3.51. The highest BCUT2D eigenvalue weighted by Gasteiger charge is 2.33. The van der Waals surface area contributed by atoms with Gasteiger partial charge in [0.15, 0.2) is 6.10 Å². The van der Waals surface area contributed by atoms with Gasteiger partial charge < -0.3 is 20.1 Å². The molecule has 2 atom stereocenters. The Kier molecular flexibility index (Phi) is 6.69. The van der Waals surface area contributed by atoms with Crippen molar-refractivity contribution in [3.63, 3.8) is 0 Å². The Balaban J connectivity index is 1.63. The van der Waals surface area contributed by atoms with E-state index in [9.17, 15) is 13.4 Å². The Morgan fingerprint density at radius 1 is 1.28 bits per heavy atom. The molecule has 0 bridgehead atoms. The van der Waals surface area contributed by atoms with Gasteiger partial charge in [-0.2, -0.15) is 5.26 Å². The summed E-state index contributed by atoms with van der Waals surface area (Å²) in [4.78, 5) is 20.3. The molecule has 0 saturated carbocycles. The van der Waals surface area contributed by atoms with Crippen molar-refractivity contribution in [2.45, 2.75) is 26.9 Å². The van der Waals surface area contributed by atoms with Gasteiger partial charge in [0.1, 0.15) is 36.1 Å². The first-order chi connectivity index (χ1) is 17.0. The number of hydrogen-bond acceptors (Lipinski definition) is 7. The van der Waals surface area contributed by atoms with Crippen molar-refractivity contribution in [3.05, 3.63) is 48.3 Å². The average molecular weight is 515 g/mol. The van der Waals surface area contributed by atoms with Crippen molar-refractivity contribution in [3.8, 4) is 11.8 Å². The van der Waals surface area contributed by atoms with Crippen molar-refractivity contribution in [1.29, 1.82) is 5.26 Å². The Labute approximate surface area is 207 Å². The zero-order valence-electron chi connectivity index (χ0n) is 19.8. The van der Waals surface area contributed by atoms with Gasteiger partial charge in [-0.15, -0.1) is 0 Å². The van der Waals surface area contributed by atoms with Crippen LogP contribution in [0, 0.1) is 28.4 Å². The molecule has 1 aromatic heterocycles. The topological polar surface area (TPSA) is 129 Å². The summed E-state index contributed by atoms with van der Waals surface area (Å²) >= 11 is 0. The summed E-state index contributed by atoms with van der Waals surface area (Å²) in [5.41, 5.74) is 0.656. The van der Waals surface area contributed by atoms with Crippen LogP contribution in [-0.2, 0) is 14.5 Å². The second-order valence-corrected chi connectivity index (χ2v) is 11.2. The van der Waals surface area contributed by atoms with E-state index >= 15 is 4.39 Å². The molecule has 1 aliphatic rings. The molecule has 2 aromatic carbocycles. The second kappa shape index (κ2) is 9.58. The second-order valence-electron chi connectivity index (χ2n) is 9.06. The molecule has 4 rings (SSSR count). The first-order valence-electron chi connectivity index (χ1n) is 11.0. The van der Waals surface area contributed by atoms with Gasteiger partial charge in [0.05, 0.1) is 28.3 Å². The SMILES string of the molecule is C[C@@H](Oc1cc(F)ccc1Nc1ncnc2cc(NS3(=O)=CC(C)(C)C3)cc(F)c12)C(=O)NCC#N. The molecule has 0 aliphatic carbocycles. The van der Waals surface area contributed by atoms with Crippen LogP contribution >= 0.6 is 0 Å². The molecular weight excluding hydrogens is 490 g/mol. The molecule has 1 unspecified atom stereocenters. The lowest BCUT2D eigenvalue weighted by Gasteiger charge is -2.34. The third-order valence-corrected chi connectivity index (χ3v) is 8.06. The number of ether oxygens (including phenoxy) is 1. The monoisotopic (exact) mass is 514 g/mol. The summed E-state index contributed by atoms with van der Waals surface area (Å²) in [6.07, 6.45) is 0.192. The number of fused-ring (bicyclic) bond motifs is 1. The van der Waals surface area contributed by atoms with Crippen LogP contribution in [0.1, 0.15) is 20.8 Å². The Hall–Kier alpha value is -3.98. The first-order valence-corrected chi connectivity index (χ1v) is 12.8. The van der Waals surface area contributed by atoms with Crippen LogP contribution in [0.2, 0.25) is 0 Å². The van der Waals surface area contributed by atoms with Crippen molar-refractivity contribution in [2.75, 3.05) is 22.3 Å². The maximum Gasteiger partial charge on any atom is 0.261 e. The lowest BCUT2D eigenvalue weighted by Crippen LogP contribution is -2.43. The lowest BCUT2D eigenvalue weighted by molar-refractivity contribution is -0.126. The van der Waals surface area contributed by atoms with Crippen LogP contribution in [0.25, 0.3) is 10.9 Å². The van der Waals surface area contributed by atoms with Crippen molar-refractivity contribution < 1.29 is 22.5 Å². The third-order valence-electron chi connectivity index (χ3n) is 5.29. The van der Waals surface area contributed by atoms with Gasteiger partial charge >= 0.3 is 0 Å². The first kappa shape index (κ1) is 25.1. The minimum atomic E-state index is -2.43. The maximum atomic E-state index is 15.2. The van der Waals surface area contributed by atoms with Crippen LogP contribution in [0.4, 0.5) is 26.0 Å². The zero-order valence-corrected chi connectivity index (χ0v) is 20.6. The average Bonchev–Trinajstić information content (AvgIpc) is 2.77. The number of nitrogens with one attached hydrogen (secondary N) is 3. The smallest absolute Gasteiger partial charge is 0.261 e. The number of halogens is 2. The fraction of sp³-hybridized carbons (Fsp3) is 0.292. The van der Waals surface area contributed by atoms with Gasteiger partial charge in [-0.1, -0.05) is 13.8 Å². The molecule has 1 amide bonds. The highest BCUT2D eigenvalue weighted by atomic mass is 32.2. The van der Waals surface area contributed by atoms with E-state index in [4.69, 9.17) is 10.00 Å². The zero-order chi connectivity index (χ0) is 26.1. The highest BCUT2D eigenvalue weighted by molar-refractivity contribution is 8.04. The number of nitriles is 1. The number of benzene rings is 2. The predicted molar refractivity (Wildman–Crippen MR) is 134 cm³/mol. The van der Waals surface area contributed by atoms with Gasteiger partial charge in [0.2, 0.25) is 0 Å². The van der Waals surface area contributed by atoms with Gasteiger partial charge in [0, 0.05) is 26.9 Å². The van der Waals surface area contributed by atoms with Crippen LogP contribution in [0.15, 0.2) is 36.7 Å². The van der Waals surface area contributed by atoms with E-state index in [0.717, 1.165) is 6.07 Å². The fourth-order valence-electron chi connectivity index (χ4n) is 3.94. The molecule has 0 radical (unpaired) electrons. The Morgan fingerprint density at radius 3 is 2.72 bits per heavy atom. The number of hydrogen-bond donors (Lipinski definition) is 3. The molecule has 0 fully saturated rings. The van der Waals surface area contributed by atoms with Crippen LogP contribution < -0.4 is 20.1 Å². The quantitative estimate of drug-likeness (QED) is 0.310. The minimum absolute atomic E-state index is 0.0138. The molecule has 36 heavy (non-hydrogen) atoms. The van der Waals surface area contributed by atoms with Crippen molar-refractivity contribution >= 4 is 49.1 Å². The number of rotatable bonds is 8. The molecule has 188 valence electrons. The molecule has 2 heterocycles. The van der Waals surface area contributed by atoms with E-state index < -0.39 is 33.4 Å². The number of anilines is 3. The van der Waals surface area contributed by atoms with Gasteiger partial charge in [-0.25, -0.2) is 23.0 Å². The normalized spacial score (nSPS) is 18.8. The molecule has 3 N–H and O–H groups in total. The van der Waals surface area contributed by atoms with E-state index in [1.807, 2.05) is 13.8 Å². The Bertz CT molecular complexity index is 1510. The third kappa shape index (κ3) is 5.46. The van der Waals surface area contributed by atoms with E-state index in [-0.39, 0.29) is 40.1 Å². The maximum absolute atomic E-state index is 15.2. The number of amides is 1. The van der Waals surface area contributed by atoms with Gasteiger partial charge in [-0.3, -0.25) is 4.79 Å². The van der Waals surface area contributed by atoms with Crippen LogP contribution in [-0.4, -0.2) is 43.9 Å². The molecule has 12 heteroatoms. The lowest BCUT2D eigenvalue weighted by atomic mass is 10.00. The molecular formula is C24H24F2N6O3S. The van der Waals surface area contributed by atoms with E-state index in [1.165, 1.54) is 31.5 Å². The molecule has 0 saturated heterocycles. The summed E-state index contributed by atoms with van der Waals surface area (Å²) in [7, 11) is -2.43. The molecule has 0 spiro atoms. The number of carbonyl (C=O) groups is 1. The fourth-order valence-corrected chi connectivity index (χ4v) is 6.68. The number of aromatic nitrogens is 2.